The van der Waals surface area contributed by atoms with E-state index in [9.17, 15) is 4.79 Å². The maximum absolute atomic E-state index is 12.3. The van der Waals surface area contributed by atoms with Crippen LogP contribution in [0.25, 0.3) is 0 Å². The first-order valence-corrected chi connectivity index (χ1v) is 7.45. The first-order chi connectivity index (χ1) is 9.70. The van der Waals surface area contributed by atoms with Gasteiger partial charge in [0.05, 0.1) is 18.2 Å². The molecule has 1 aromatic carbocycles. The maximum Gasteiger partial charge on any atom is 0.228 e. The van der Waals surface area contributed by atoms with Crippen LogP contribution >= 0.6 is 0 Å². The molecule has 4 nitrogen and oxygen atoms in total. The monoisotopic (exact) mass is 276 g/mol. The molecule has 110 valence electrons. The lowest BCUT2D eigenvalue weighted by Crippen LogP contribution is -2.37. The second-order valence-electron chi connectivity index (χ2n) is 5.38. The van der Waals surface area contributed by atoms with E-state index in [-0.39, 0.29) is 11.8 Å². The summed E-state index contributed by atoms with van der Waals surface area (Å²) in [6, 6.07) is 5.90. The molecule has 1 saturated heterocycles. The van der Waals surface area contributed by atoms with Crippen LogP contribution in [0, 0.1) is 12.8 Å². The highest BCUT2D eigenvalue weighted by Gasteiger charge is 2.21. The van der Waals surface area contributed by atoms with Gasteiger partial charge in [-0.15, -0.1) is 0 Å². The molecule has 1 amide bonds. The number of piperidine rings is 1. The van der Waals surface area contributed by atoms with Crippen molar-refractivity contribution in [2.75, 3.05) is 25.0 Å². The highest BCUT2D eigenvalue weighted by Crippen LogP contribution is 2.27. The Morgan fingerprint density at radius 1 is 1.50 bits per heavy atom. The second kappa shape index (κ2) is 7.29. The van der Waals surface area contributed by atoms with Crippen molar-refractivity contribution in [1.29, 1.82) is 0 Å². The molecule has 2 rings (SSSR count). The van der Waals surface area contributed by atoms with Gasteiger partial charge in [-0.3, -0.25) is 4.79 Å². The third kappa shape index (κ3) is 3.97. The van der Waals surface area contributed by atoms with Gasteiger partial charge >= 0.3 is 0 Å². The summed E-state index contributed by atoms with van der Waals surface area (Å²) in [5.74, 6) is 0.912. The van der Waals surface area contributed by atoms with E-state index in [4.69, 9.17) is 4.74 Å². The lowest BCUT2D eigenvalue weighted by atomic mass is 9.98. The average Bonchev–Trinajstić information content (AvgIpc) is 2.48. The lowest BCUT2D eigenvalue weighted by Gasteiger charge is -2.22. The number of carbonyl (C=O) groups is 1. The van der Waals surface area contributed by atoms with Gasteiger partial charge in [0, 0.05) is 6.54 Å². The molecule has 1 unspecified atom stereocenters. The predicted octanol–water partition coefficient (Wildman–Crippen LogP) is 2.72. The van der Waals surface area contributed by atoms with Gasteiger partial charge in [0.1, 0.15) is 5.75 Å². The molecule has 0 spiro atoms. The molecule has 0 radical (unpaired) electrons. The zero-order chi connectivity index (χ0) is 14.4. The molecule has 1 atom stereocenters. The van der Waals surface area contributed by atoms with Gasteiger partial charge in [-0.25, -0.2) is 0 Å². The van der Waals surface area contributed by atoms with Crippen LogP contribution in [-0.2, 0) is 4.79 Å². The summed E-state index contributed by atoms with van der Waals surface area (Å²) in [7, 11) is 0. The number of rotatable bonds is 5. The topological polar surface area (TPSA) is 50.4 Å². The van der Waals surface area contributed by atoms with E-state index in [1.807, 2.05) is 25.1 Å². The number of amides is 1. The number of ether oxygens (including phenoxy) is 1. The smallest absolute Gasteiger partial charge is 0.228 e. The number of nitrogens with one attached hydrogen (secondary N) is 2. The molecule has 1 fully saturated rings. The number of anilines is 1. The Bertz CT molecular complexity index is 454. The van der Waals surface area contributed by atoms with Crippen LogP contribution in [0.5, 0.6) is 5.75 Å². The molecule has 4 heteroatoms. The summed E-state index contributed by atoms with van der Waals surface area (Å²) in [5.41, 5.74) is 1.91. The summed E-state index contributed by atoms with van der Waals surface area (Å²) in [5, 5.41) is 6.28. The third-order valence-corrected chi connectivity index (χ3v) is 3.52. The van der Waals surface area contributed by atoms with Gasteiger partial charge in [-0.2, -0.15) is 0 Å². The van der Waals surface area contributed by atoms with Gasteiger partial charge in [0.2, 0.25) is 5.91 Å². The number of carbonyl (C=O) groups excluding carboxylic acids is 1. The van der Waals surface area contributed by atoms with Crippen molar-refractivity contribution in [3.05, 3.63) is 23.8 Å². The molecule has 0 aromatic heterocycles. The summed E-state index contributed by atoms with van der Waals surface area (Å²) in [6.45, 7) is 6.54. The minimum Gasteiger partial charge on any atom is -0.491 e. The SMILES string of the molecule is CCCOc1cc(C)ccc1NC(=O)C1CCCNC1. The first-order valence-electron chi connectivity index (χ1n) is 7.45. The molecule has 20 heavy (non-hydrogen) atoms. The molecular weight excluding hydrogens is 252 g/mol. The van der Waals surface area contributed by atoms with Crippen LogP contribution in [-0.4, -0.2) is 25.6 Å². The highest BCUT2D eigenvalue weighted by molar-refractivity contribution is 5.94. The van der Waals surface area contributed by atoms with E-state index >= 15 is 0 Å². The van der Waals surface area contributed by atoms with Crippen molar-refractivity contribution in [3.63, 3.8) is 0 Å². The van der Waals surface area contributed by atoms with E-state index in [1.165, 1.54) is 0 Å². The molecule has 0 aliphatic carbocycles. The fraction of sp³-hybridized carbons (Fsp3) is 0.562. The number of hydrogen-bond acceptors (Lipinski definition) is 3. The van der Waals surface area contributed by atoms with Crippen LogP contribution in [0.1, 0.15) is 31.7 Å². The fourth-order valence-corrected chi connectivity index (χ4v) is 2.37. The predicted molar refractivity (Wildman–Crippen MR) is 81.2 cm³/mol. The summed E-state index contributed by atoms with van der Waals surface area (Å²) < 4.78 is 5.73. The minimum absolute atomic E-state index is 0.0593. The second-order valence-corrected chi connectivity index (χ2v) is 5.38. The Morgan fingerprint density at radius 3 is 3.05 bits per heavy atom. The Hall–Kier alpha value is -1.55. The first kappa shape index (κ1) is 14.9. The Labute approximate surface area is 120 Å². The lowest BCUT2D eigenvalue weighted by molar-refractivity contribution is -0.120. The van der Waals surface area contributed by atoms with Gasteiger partial charge in [0.25, 0.3) is 0 Å². The van der Waals surface area contributed by atoms with Crippen LogP contribution in [0.4, 0.5) is 5.69 Å². The number of benzene rings is 1. The molecule has 1 aromatic rings. The van der Waals surface area contributed by atoms with Crippen LogP contribution in [0.2, 0.25) is 0 Å². The molecular formula is C16H24N2O2. The van der Waals surface area contributed by atoms with Gasteiger partial charge < -0.3 is 15.4 Å². The van der Waals surface area contributed by atoms with Gasteiger partial charge in [-0.1, -0.05) is 13.0 Å². The number of hydrogen-bond donors (Lipinski definition) is 2. The zero-order valence-corrected chi connectivity index (χ0v) is 12.4. The van der Waals surface area contributed by atoms with Crippen molar-refractivity contribution >= 4 is 11.6 Å². The molecule has 1 aliphatic rings. The highest BCUT2D eigenvalue weighted by atomic mass is 16.5. The molecule has 0 saturated carbocycles. The zero-order valence-electron chi connectivity index (χ0n) is 12.4. The van der Waals surface area contributed by atoms with Crippen LogP contribution in [0.15, 0.2) is 18.2 Å². The van der Waals surface area contributed by atoms with E-state index in [2.05, 4.69) is 17.6 Å². The minimum atomic E-state index is 0.0593. The Balaban J connectivity index is 2.05. The van der Waals surface area contributed by atoms with Crippen LogP contribution < -0.4 is 15.4 Å². The van der Waals surface area contributed by atoms with Crippen molar-refractivity contribution < 1.29 is 9.53 Å². The van der Waals surface area contributed by atoms with Crippen molar-refractivity contribution in [1.82, 2.24) is 5.32 Å². The molecule has 2 N–H and O–H groups in total. The van der Waals surface area contributed by atoms with E-state index in [0.29, 0.717) is 6.61 Å². The summed E-state index contributed by atoms with van der Waals surface area (Å²) in [4.78, 5) is 12.3. The van der Waals surface area contributed by atoms with Crippen LogP contribution in [0.3, 0.4) is 0 Å². The van der Waals surface area contributed by atoms with Crippen molar-refractivity contribution in [2.24, 2.45) is 5.92 Å². The Morgan fingerprint density at radius 2 is 2.35 bits per heavy atom. The van der Waals surface area contributed by atoms with E-state index in [0.717, 1.165) is 49.4 Å². The number of aryl methyl sites for hydroxylation is 1. The summed E-state index contributed by atoms with van der Waals surface area (Å²) in [6.07, 6.45) is 2.97. The van der Waals surface area contributed by atoms with E-state index < -0.39 is 0 Å². The fourth-order valence-electron chi connectivity index (χ4n) is 2.37. The summed E-state index contributed by atoms with van der Waals surface area (Å²) >= 11 is 0. The normalized spacial score (nSPS) is 18.6. The van der Waals surface area contributed by atoms with Gasteiger partial charge in [0.15, 0.2) is 0 Å². The van der Waals surface area contributed by atoms with E-state index in [1.54, 1.807) is 0 Å². The van der Waals surface area contributed by atoms with Crippen molar-refractivity contribution in [2.45, 2.75) is 33.1 Å². The standard InChI is InChI=1S/C16H24N2O2/c1-3-9-20-15-10-12(2)6-7-14(15)18-16(19)13-5-4-8-17-11-13/h6-7,10,13,17H,3-5,8-9,11H2,1-2H3,(H,18,19). The van der Waals surface area contributed by atoms with Crippen molar-refractivity contribution in [3.8, 4) is 5.75 Å². The quantitative estimate of drug-likeness (QED) is 0.869. The molecule has 1 aliphatic heterocycles. The third-order valence-electron chi connectivity index (χ3n) is 3.52. The Kier molecular flexibility index (Phi) is 5.41. The molecule has 0 bridgehead atoms. The maximum atomic E-state index is 12.3. The largest absolute Gasteiger partial charge is 0.491 e. The van der Waals surface area contributed by atoms with Gasteiger partial charge in [-0.05, 0) is 50.4 Å². The average molecular weight is 276 g/mol. The molecule has 1 heterocycles.